The highest BCUT2D eigenvalue weighted by Crippen LogP contribution is 2.24. The summed E-state index contributed by atoms with van der Waals surface area (Å²) in [5.74, 6) is 0.922. The van der Waals surface area contributed by atoms with E-state index in [1.165, 1.54) is 6.07 Å². The molecule has 1 unspecified atom stereocenters. The van der Waals surface area contributed by atoms with E-state index < -0.39 is 0 Å². The molecule has 0 amide bonds. The number of aryl methyl sites for hydroxylation is 1. The SMILES string of the molecule is CC(NCCc1ncn(C)n1)c1cc(O)cc(O)c1. The Labute approximate surface area is 111 Å². The number of phenolic OH excluding ortho intramolecular Hbond substituents is 2. The highest BCUT2D eigenvalue weighted by atomic mass is 16.3. The van der Waals surface area contributed by atoms with Crippen LogP contribution in [-0.2, 0) is 13.5 Å². The molecule has 6 heteroatoms. The van der Waals surface area contributed by atoms with Crippen molar-refractivity contribution in [2.75, 3.05) is 6.54 Å². The first-order valence-corrected chi connectivity index (χ1v) is 6.15. The van der Waals surface area contributed by atoms with Crippen LogP contribution in [0.25, 0.3) is 0 Å². The second-order valence-corrected chi connectivity index (χ2v) is 4.54. The predicted octanol–water partition coefficient (Wildman–Crippen LogP) is 1.12. The van der Waals surface area contributed by atoms with Gasteiger partial charge in [-0.05, 0) is 24.6 Å². The lowest BCUT2D eigenvalue weighted by Crippen LogP contribution is -2.21. The van der Waals surface area contributed by atoms with Crippen molar-refractivity contribution >= 4 is 0 Å². The molecule has 2 rings (SSSR count). The average Bonchev–Trinajstić information content (AvgIpc) is 2.73. The summed E-state index contributed by atoms with van der Waals surface area (Å²) in [5.41, 5.74) is 0.839. The van der Waals surface area contributed by atoms with E-state index in [4.69, 9.17) is 0 Å². The second-order valence-electron chi connectivity index (χ2n) is 4.54. The van der Waals surface area contributed by atoms with Crippen LogP contribution in [0.3, 0.4) is 0 Å². The Kier molecular flexibility index (Phi) is 4.01. The minimum Gasteiger partial charge on any atom is -0.508 e. The van der Waals surface area contributed by atoms with Crippen molar-refractivity contribution in [3.8, 4) is 11.5 Å². The average molecular weight is 262 g/mol. The predicted molar refractivity (Wildman–Crippen MR) is 70.9 cm³/mol. The first kappa shape index (κ1) is 13.4. The van der Waals surface area contributed by atoms with Gasteiger partial charge in [-0.3, -0.25) is 4.68 Å². The van der Waals surface area contributed by atoms with Crippen LogP contribution >= 0.6 is 0 Å². The molecule has 0 fully saturated rings. The number of benzene rings is 1. The van der Waals surface area contributed by atoms with Crippen LogP contribution in [0, 0.1) is 0 Å². The molecule has 6 nitrogen and oxygen atoms in total. The quantitative estimate of drug-likeness (QED) is 0.752. The molecule has 0 bridgehead atoms. The molecule has 1 atom stereocenters. The molecule has 1 aromatic carbocycles. The van der Waals surface area contributed by atoms with Crippen LogP contribution in [0.15, 0.2) is 24.5 Å². The third kappa shape index (κ3) is 3.69. The Morgan fingerprint density at radius 2 is 1.95 bits per heavy atom. The lowest BCUT2D eigenvalue weighted by Gasteiger charge is -2.14. The van der Waals surface area contributed by atoms with E-state index in [0.29, 0.717) is 0 Å². The van der Waals surface area contributed by atoms with E-state index >= 15 is 0 Å². The van der Waals surface area contributed by atoms with E-state index in [-0.39, 0.29) is 17.5 Å². The molecule has 0 saturated carbocycles. The third-order valence-corrected chi connectivity index (χ3v) is 2.87. The number of aromatic hydroxyl groups is 2. The topological polar surface area (TPSA) is 83.2 Å². The van der Waals surface area contributed by atoms with Crippen LogP contribution in [-0.4, -0.2) is 31.5 Å². The Morgan fingerprint density at radius 3 is 2.53 bits per heavy atom. The molecular formula is C13H18N4O2. The highest BCUT2D eigenvalue weighted by Gasteiger charge is 2.08. The van der Waals surface area contributed by atoms with Gasteiger partial charge in [-0.15, -0.1) is 0 Å². The maximum Gasteiger partial charge on any atom is 0.151 e. The lowest BCUT2D eigenvalue weighted by molar-refractivity contribution is 0.446. The zero-order chi connectivity index (χ0) is 13.8. The molecule has 0 saturated heterocycles. The van der Waals surface area contributed by atoms with E-state index in [9.17, 15) is 10.2 Å². The van der Waals surface area contributed by atoms with E-state index in [2.05, 4.69) is 15.4 Å². The van der Waals surface area contributed by atoms with Crippen LogP contribution < -0.4 is 5.32 Å². The van der Waals surface area contributed by atoms with Crippen LogP contribution in [0.5, 0.6) is 11.5 Å². The van der Waals surface area contributed by atoms with Gasteiger partial charge in [-0.2, -0.15) is 5.10 Å². The Balaban J connectivity index is 1.88. The molecule has 1 aromatic heterocycles. The summed E-state index contributed by atoms with van der Waals surface area (Å²) in [6.45, 7) is 2.70. The number of nitrogens with one attached hydrogen (secondary N) is 1. The number of rotatable bonds is 5. The van der Waals surface area contributed by atoms with E-state index in [1.807, 2.05) is 14.0 Å². The molecule has 2 aromatic rings. The number of aromatic nitrogens is 3. The standard InChI is InChI=1S/C13H18N4O2/c1-9(10-5-11(18)7-12(19)6-10)14-4-3-13-15-8-17(2)16-13/h5-9,14,18-19H,3-4H2,1-2H3. The van der Waals surface area contributed by atoms with Crippen LogP contribution in [0.1, 0.15) is 24.4 Å². The minimum absolute atomic E-state index is 0.0294. The van der Waals surface area contributed by atoms with Gasteiger partial charge in [-0.1, -0.05) is 0 Å². The maximum atomic E-state index is 9.44. The molecule has 3 N–H and O–H groups in total. The zero-order valence-corrected chi connectivity index (χ0v) is 11.0. The largest absolute Gasteiger partial charge is 0.508 e. The van der Waals surface area contributed by atoms with Gasteiger partial charge in [0.25, 0.3) is 0 Å². The summed E-state index contributed by atoms with van der Waals surface area (Å²) in [4.78, 5) is 4.15. The van der Waals surface area contributed by atoms with Crippen LogP contribution in [0.2, 0.25) is 0 Å². The Morgan fingerprint density at radius 1 is 1.26 bits per heavy atom. The Bertz CT molecular complexity index is 533. The van der Waals surface area contributed by atoms with Gasteiger partial charge < -0.3 is 15.5 Å². The molecular weight excluding hydrogens is 244 g/mol. The molecule has 0 spiro atoms. The van der Waals surface area contributed by atoms with Crippen LogP contribution in [0.4, 0.5) is 0 Å². The van der Waals surface area contributed by atoms with Crippen molar-refractivity contribution < 1.29 is 10.2 Å². The van der Waals surface area contributed by atoms with Crippen molar-refractivity contribution in [3.05, 3.63) is 35.9 Å². The van der Waals surface area contributed by atoms with Crippen molar-refractivity contribution in [1.29, 1.82) is 0 Å². The summed E-state index contributed by atoms with van der Waals surface area (Å²) in [7, 11) is 1.84. The fourth-order valence-electron chi connectivity index (χ4n) is 1.88. The van der Waals surface area contributed by atoms with Gasteiger partial charge in [0.2, 0.25) is 0 Å². The van der Waals surface area contributed by atoms with E-state index in [0.717, 1.165) is 24.4 Å². The van der Waals surface area contributed by atoms with Crippen molar-refractivity contribution in [2.24, 2.45) is 7.05 Å². The number of phenols is 2. The Hall–Kier alpha value is -2.08. The number of nitrogens with zero attached hydrogens (tertiary/aromatic N) is 3. The lowest BCUT2D eigenvalue weighted by atomic mass is 10.1. The fourth-order valence-corrected chi connectivity index (χ4v) is 1.88. The third-order valence-electron chi connectivity index (χ3n) is 2.87. The molecule has 19 heavy (non-hydrogen) atoms. The van der Waals surface area contributed by atoms with Gasteiger partial charge in [0.05, 0.1) is 0 Å². The molecule has 102 valence electrons. The molecule has 1 heterocycles. The van der Waals surface area contributed by atoms with Crippen molar-refractivity contribution in [2.45, 2.75) is 19.4 Å². The monoisotopic (exact) mass is 262 g/mol. The molecule has 0 aliphatic rings. The molecule has 0 aliphatic carbocycles. The summed E-state index contributed by atoms with van der Waals surface area (Å²) >= 11 is 0. The highest BCUT2D eigenvalue weighted by molar-refractivity contribution is 5.37. The molecule has 0 aliphatic heterocycles. The number of hydrogen-bond donors (Lipinski definition) is 3. The first-order chi connectivity index (χ1) is 9.04. The summed E-state index contributed by atoms with van der Waals surface area (Å²) in [6.07, 6.45) is 2.40. The zero-order valence-electron chi connectivity index (χ0n) is 11.0. The fraction of sp³-hybridized carbons (Fsp3) is 0.385. The maximum absolute atomic E-state index is 9.44. The number of hydrogen-bond acceptors (Lipinski definition) is 5. The molecule has 0 radical (unpaired) electrons. The van der Waals surface area contributed by atoms with Gasteiger partial charge in [0.1, 0.15) is 17.8 Å². The minimum atomic E-state index is 0.0294. The second kappa shape index (κ2) is 5.71. The van der Waals surface area contributed by atoms with Crippen molar-refractivity contribution in [3.63, 3.8) is 0 Å². The summed E-state index contributed by atoms with van der Waals surface area (Å²) < 4.78 is 1.67. The van der Waals surface area contributed by atoms with E-state index in [1.54, 1.807) is 23.1 Å². The van der Waals surface area contributed by atoms with Gasteiger partial charge in [-0.25, -0.2) is 4.98 Å². The summed E-state index contributed by atoms with van der Waals surface area (Å²) in [6, 6.07) is 4.61. The first-order valence-electron chi connectivity index (χ1n) is 6.15. The summed E-state index contributed by atoms with van der Waals surface area (Å²) in [5, 5.41) is 26.4. The normalized spacial score (nSPS) is 12.5. The van der Waals surface area contributed by atoms with Gasteiger partial charge in [0, 0.05) is 32.1 Å². The van der Waals surface area contributed by atoms with Gasteiger partial charge >= 0.3 is 0 Å². The smallest absolute Gasteiger partial charge is 0.151 e. The van der Waals surface area contributed by atoms with Gasteiger partial charge in [0.15, 0.2) is 5.82 Å². The van der Waals surface area contributed by atoms with Crippen molar-refractivity contribution in [1.82, 2.24) is 20.1 Å².